The summed E-state index contributed by atoms with van der Waals surface area (Å²) in [5, 5.41) is 19.0. The van der Waals surface area contributed by atoms with E-state index in [2.05, 4.69) is 13.8 Å². The van der Waals surface area contributed by atoms with Gasteiger partial charge >= 0.3 is 0 Å². The predicted molar refractivity (Wildman–Crippen MR) is 55.0 cm³/mol. The molecule has 0 radical (unpaired) electrons. The van der Waals surface area contributed by atoms with Crippen LogP contribution in [0.1, 0.15) is 33.6 Å². The average Bonchev–Trinajstić information content (AvgIpc) is 2.27. The van der Waals surface area contributed by atoms with Crippen LogP contribution < -0.4 is 0 Å². The minimum Gasteiger partial charge on any atom is -0.394 e. The largest absolute Gasteiger partial charge is 0.394 e. The SMILES string of the molecule is CCC1OC(CO)C(O)C(C)CC1C. The van der Waals surface area contributed by atoms with Crippen molar-refractivity contribution in [2.75, 3.05) is 6.61 Å². The van der Waals surface area contributed by atoms with Crippen molar-refractivity contribution in [1.82, 2.24) is 0 Å². The molecule has 0 aromatic carbocycles. The van der Waals surface area contributed by atoms with Crippen molar-refractivity contribution in [2.45, 2.75) is 51.9 Å². The molecular weight excluding hydrogens is 180 g/mol. The van der Waals surface area contributed by atoms with E-state index in [1.807, 2.05) is 6.92 Å². The molecule has 1 fully saturated rings. The second-order valence-electron chi connectivity index (χ2n) is 4.48. The Hall–Kier alpha value is -0.120. The molecule has 14 heavy (non-hydrogen) atoms. The fourth-order valence-electron chi connectivity index (χ4n) is 2.33. The first-order valence-corrected chi connectivity index (χ1v) is 5.54. The summed E-state index contributed by atoms with van der Waals surface area (Å²) in [5.41, 5.74) is 0. The molecule has 0 aliphatic carbocycles. The molecule has 1 heterocycles. The van der Waals surface area contributed by atoms with Crippen LogP contribution in [0, 0.1) is 11.8 Å². The van der Waals surface area contributed by atoms with Gasteiger partial charge in [0, 0.05) is 0 Å². The summed E-state index contributed by atoms with van der Waals surface area (Å²) in [6.07, 6.45) is 1.15. The van der Waals surface area contributed by atoms with Gasteiger partial charge in [-0.2, -0.15) is 0 Å². The summed E-state index contributed by atoms with van der Waals surface area (Å²) in [7, 11) is 0. The van der Waals surface area contributed by atoms with Crippen molar-refractivity contribution in [1.29, 1.82) is 0 Å². The first-order valence-electron chi connectivity index (χ1n) is 5.54. The van der Waals surface area contributed by atoms with Crippen LogP contribution in [0.4, 0.5) is 0 Å². The van der Waals surface area contributed by atoms with Crippen LogP contribution in [-0.2, 0) is 4.74 Å². The minimum atomic E-state index is -0.529. The lowest BCUT2D eigenvalue weighted by molar-refractivity contribution is -0.103. The lowest BCUT2D eigenvalue weighted by Crippen LogP contribution is -2.36. The van der Waals surface area contributed by atoms with Gasteiger partial charge < -0.3 is 14.9 Å². The molecule has 84 valence electrons. The number of aliphatic hydroxyl groups excluding tert-OH is 2. The standard InChI is InChI=1S/C11H22O3/c1-4-9-7(2)5-8(3)11(13)10(6-12)14-9/h7-13H,4-6H2,1-3H3. The zero-order valence-electron chi connectivity index (χ0n) is 9.31. The van der Waals surface area contributed by atoms with Crippen molar-refractivity contribution >= 4 is 0 Å². The third-order valence-corrected chi connectivity index (χ3v) is 3.27. The topological polar surface area (TPSA) is 49.7 Å². The Morgan fingerprint density at radius 1 is 1.21 bits per heavy atom. The Bertz CT molecular complexity index is 170. The Balaban J connectivity index is 2.71. The molecule has 1 aliphatic heterocycles. The molecule has 2 N–H and O–H groups in total. The van der Waals surface area contributed by atoms with Crippen molar-refractivity contribution in [2.24, 2.45) is 11.8 Å². The molecule has 5 atom stereocenters. The summed E-state index contributed by atoms with van der Waals surface area (Å²) >= 11 is 0. The van der Waals surface area contributed by atoms with Crippen molar-refractivity contribution < 1.29 is 14.9 Å². The molecule has 0 spiro atoms. The van der Waals surface area contributed by atoms with Gasteiger partial charge in [-0.15, -0.1) is 0 Å². The monoisotopic (exact) mass is 202 g/mol. The van der Waals surface area contributed by atoms with E-state index in [0.717, 1.165) is 12.8 Å². The molecule has 0 aromatic rings. The first kappa shape index (κ1) is 12.0. The fourth-order valence-corrected chi connectivity index (χ4v) is 2.33. The Labute approximate surface area is 86.1 Å². The average molecular weight is 202 g/mol. The van der Waals surface area contributed by atoms with E-state index >= 15 is 0 Å². The number of aliphatic hydroxyl groups is 2. The summed E-state index contributed by atoms with van der Waals surface area (Å²) in [6.45, 7) is 6.16. The van der Waals surface area contributed by atoms with Gasteiger partial charge in [0.1, 0.15) is 6.10 Å². The number of rotatable bonds is 2. The highest BCUT2D eigenvalue weighted by Crippen LogP contribution is 2.29. The maximum absolute atomic E-state index is 9.86. The zero-order valence-corrected chi connectivity index (χ0v) is 9.31. The van der Waals surface area contributed by atoms with Gasteiger partial charge in [0.15, 0.2) is 0 Å². The molecular formula is C11H22O3. The Kier molecular flexibility index (Phi) is 4.35. The summed E-state index contributed by atoms with van der Waals surface area (Å²) < 4.78 is 5.70. The van der Waals surface area contributed by atoms with Gasteiger partial charge in [-0.1, -0.05) is 20.8 Å². The van der Waals surface area contributed by atoms with Crippen LogP contribution in [0.2, 0.25) is 0 Å². The summed E-state index contributed by atoms with van der Waals surface area (Å²) in [6, 6.07) is 0. The van der Waals surface area contributed by atoms with Crippen molar-refractivity contribution in [3.63, 3.8) is 0 Å². The highest BCUT2D eigenvalue weighted by atomic mass is 16.5. The van der Waals surface area contributed by atoms with Gasteiger partial charge in [-0.05, 0) is 24.7 Å². The number of hydrogen-bond acceptors (Lipinski definition) is 3. The predicted octanol–water partition coefficient (Wildman–Crippen LogP) is 1.18. The molecule has 1 aliphatic rings. The number of hydrogen-bond donors (Lipinski definition) is 2. The van der Waals surface area contributed by atoms with E-state index < -0.39 is 12.2 Å². The van der Waals surface area contributed by atoms with Crippen LogP contribution in [0.3, 0.4) is 0 Å². The maximum Gasteiger partial charge on any atom is 0.107 e. The van der Waals surface area contributed by atoms with Crippen LogP contribution >= 0.6 is 0 Å². The molecule has 1 rings (SSSR count). The maximum atomic E-state index is 9.86. The molecule has 3 heteroatoms. The second-order valence-corrected chi connectivity index (χ2v) is 4.48. The molecule has 0 aromatic heterocycles. The van der Waals surface area contributed by atoms with Crippen LogP contribution in [0.25, 0.3) is 0 Å². The molecule has 1 saturated heterocycles. The van der Waals surface area contributed by atoms with Crippen LogP contribution in [0.5, 0.6) is 0 Å². The van der Waals surface area contributed by atoms with Crippen LogP contribution in [0.15, 0.2) is 0 Å². The molecule has 3 nitrogen and oxygen atoms in total. The van der Waals surface area contributed by atoms with E-state index in [0.29, 0.717) is 5.92 Å². The van der Waals surface area contributed by atoms with E-state index in [9.17, 15) is 5.11 Å². The molecule has 0 saturated carbocycles. The molecule has 0 amide bonds. The van der Waals surface area contributed by atoms with Crippen LogP contribution in [-0.4, -0.2) is 35.1 Å². The highest BCUT2D eigenvalue weighted by Gasteiger charge is 2.34. The van der Waals surface area contributed by atoms with Gasteiger partial charge in [0.2, 0.25) is 0 Å². The molecule has 0 bridgehead atoms. The van der Waals surface area contributed by atoms with Gasteiger partial charge in [0.05, 0.1) is 18.8 Å². The van der Waals surface area contributed by atoms with Gasteiger partial charge in [-0.25, -0.2) is 0 Å². The minimum absolute atomic E-state index is 0.0886. The third kappa shape index (κ3) is 2.47. The van der Waals surface area contributed by atoms with Crippen molar-refractivity contribution in [3.05, 3.63) is 0 Å². The highest BCUT2D eigenvalue weighted by molar-refractivity contribution is 4.83. The third-order valence-electron chi connectivity index (χ3n) is 3.27. The van der Waals surface area contributed by atoms with E-state index in [4.69, 9.17) is 9.84 Å². The summed E-state index contributed by atoms with van der Waals surface area (Å²) in [5.74, 6) is 0.667. The van der Waals surface area contributed by atoms with Crippen molar-refractivity contribution in [3.8, 4) is 0 Å². The first-order chi connectivity index (χ1) is 6.60. The summed E-state index contributed by atoms with van der Waals surface area (Å²) in [4.78, 5) is 0. The molecule has 5 unspecified atom stereocenters. The van der Waals surface area contributed by atoms with E-state index in [1.165, 1.54) is 0 Å². The lowest BCUT2D eigenvalue weighted by Gasteiger charge is -2.24. The fraction of sp³-hybridized carbons (Fsp3) is 1.00. The Morgan fingerprint density at radius 3 is 2.36 bits per heavy atom. The normalized spacial score (nSPS) is 44.8. The quantitative estimate of drug-likeness (QED) is 0.707. The second kappa shape index (κ2) is 5.10. The van der Waals surface area contributed by atoms with E-state index in [-0.39, 0.29) is 18.6 Å². The Morgan fingerprint density at radius 2 is 1.86 bits per heavy atom. The van der Waals surface area contributed by atoms with Gasteiger partial charge in [0.25, 0.3) is 0 Å². The smallest absolute Gasteiger partial charge is 0.107 e. The zero-order chi connectivity index (χ0) is 10.7. The lowest BCUT2D eigenvalue weighted by atomic mass is 9.89. The van der Waals surface area contributed by atoms with E-state index in [1.54, 1.807) is 0 Å². The van der Waals surface area contributed by atoms with Gasteiger partial charge in [-0.3, -0.25) is 0 Å². The number of ether oxygens (including phenoxy) is 1.